The van der Waals surface area contributed by atoms with Gasteiger partial charge in [-0.25, -0.2) is 0 Å². The Morgan fingerprint density at radius 2 is 1.25 bits per heavy atom. The fourth-order valence-electron chi connectivity index (χ4n) is 1.50. The van der Waals surface area contributed by atoms with Gasteiger partial charge in [0.25, 0.3) is 0 Å². The standard InChI is InChI=1S/C10H24O3S2Si/c1-4-11-16(12-5-2,13-6-3)9-10(7-14)8-15/h10,14-15H,4-9H2,1-3H3. The molecule has 0 rings (SSSR count). The van der Waals surface area contributed by atoms with Crippen molar-refractivity contribution >= 4 is 34.1 Å². The minimum Gasteiger partial charge on any atom is -0.374 e. The van der Waals surface area contributed by atoms with Crippen LogP contribution in [0.3, 0.4) is 0 Å². The summed E-state index contributed by atoms with van der Waals surface area (Å²) in [6.07, 6.45) is 0. The quantitative estimate of drug-likeness (QED) is 0.477. The average Bonchev–Trinajstić information content (AvgIpc) is 2.27. The van der Waals surface area contributed by atoms with Crippen LogP contribution in [0.4, 0.5) is 0 Å². The maximum absolute atomic E-state index is 5.77. The predicted molar refractivity (Wildman–Crippen MR) is 76.6 cm³/mol. The molecule has 0 aromatic carbocycles. The summed E-state index contributed by atoms with van der Waals surface area (Å²) in [6.45, 7) is 7.77. The van der Waals surface area contributed by atoms with E-state index in [1.54, 1.807) is 0 Å². The van der Waals surface area contributed by atoms with E-state index in [2.05, 4.69) is 25.3 Å². The lowest BCUT2D eigenvalue weighted by Crippen LogP contribution is -2.48. The monoisotopic (exact) mass is 284 g/mol. The lowest BCUT2D eigenvalue weighted by atomic mass is 10.3. The third-order valence-electron chi connectivity index (χ3n) is 2.15. The molecule has 0 bridgehead atoms. The van der Waals surface area contributed by atoms with Gasteiger partial charge in [0.2, 0.25) is 0 Å². The van der Waals surface area contributed by atoms with Crippen molar-refractivity contribution in [3.05, 3.63) is 0 Å². The Bertz CT molecular complexity index is 151. The van der Waals surface area contributed by atoms with E-state index in [0.717, 1.165) is 17.5 Å². The summed E-state index contributed by atoms with van der Waals surface area (Å²) < 4.78 is 17.3. The summed E-state index contributed by atoms with van der Waals surface area (Å²) in [5.41, 5.74) is 0. The maximum atomic E-state index is 5.77. The molecular weight excluding hydrogens is 260 g/mol. The Hall–Kier alpha value is 0.797. The zero-order valence-electron chi connectivity index (χ0n) is 10.4. The summed E-state index contributed by atoms with van der Waals surface area (Å²) in [6, 6.07) is 0.801. The Morgan fingerprint density at radius 1 is 0.875 bits per heavy atom. The van der Waals surface area contributed by atoms with E-state index in [0.29, 0.717) is 25.7 Å². The minimum absolute atomic E-state index is 0.378. The number of thiol groups is 2. The largest absolute Gasteiger partial charge is 0.501 e. The highest BCUT2D eigenvalue weighted by atomic mass is 32.1. The number of rotatable bonds is 10. The second-order valence-corrected chi connectivity index (χ2v) is 6.79. The van der Waals surface area contributed by atoms with Crippen LogP contribution in [-0.2, 0) is 13.3 Å². The molecule has 0 aromatic heterocycles. The molecule has 16 heavy (non-hydrogen) atoms. The van der Waals surface area contributed by atoms with Crippen LogP contribution < -0.4 is 0 Å². The molecule has 0 aromatic rings. The molecule has 98 valence electrons. The molecule has 0 heterocycles. The first-order valence-electron chi connectivity index (χ1n) is 5.81. The van der Waals surface area contributed by atoms with Gasteiger partial charge < -0.3 is 13.3 Å². The van der Waals surface area contributed by atoms with Crippen molar-refractivity contribution < 1.29 is 13.3 Å². The lowest BCUT2D eigenvalue weighted by molar-refractivity contribution is 0.0686. The van der Waals surface area contributed by atoms with Crippen LogP contribution in [0.2, 0.25) is 6.04 Å². The van der Waals surface area contributed by atoms with Gasteiger partial charge >= 0.3 is 8.80 Å². The molecule has 0 atom stereocenters. The second-order valence-electron chi connectivity index (χ2n) is 3.42. The molecular formula is C10H24O3S2Si. The maximum Gasteiger partial charge on any atom is 0.501 e. The molecule has 3 nitrogen and oxygen atoms in total. The van der Waals surface area contributed by atoms with Crippen LogP contribution in [-0.4, -0.2) is 40.1 Å². The summed E-state index contributed by atoms with van der Waals surface area (Å²) in [4.78, 5) is 0. The van der Waals surface area contributed by atoms with Crippen molar-refractivity contribution in [3.63, 3.8) is 0 Å². The smallest absolute Gasteiger partial charge is 0.374 e. The number of hydrogen-bond acceptors (Lipinski definition) is 5. The van der Waals surface area contributed by atoms with E-state index in [1.165, 1.54) is 0 Å². The van der Waals surface area contributed by atoms with Gasteiger partial charge in [0.1, 0.15) is 0 Å². The zero-order valence-corrected chi connectivity index (χ0v) is 13.2. The summed E-state index contributed by atoms with van der Waals surface area (Å²) in [5, 5.41) is 0. The van der Waals surface area contributed by atoms with Gasteiger partial charge in [-0.15, -0.1) is 0 Å². The fourth-order valence-corrected chi connectivity index (χ4v) is 5.63. The first-order chi connectivity index (χ1) is 7.67. The van der Waals surface area contributed by atoms with Crippen LogP contribution in [0, 0.1) is 5.92 Å². The summed E-state index contributed by atoms with van der Waals surface area (Å²) in [5.74, 6) is 1.94. The van der Waals surface area contributed by atoms with Gasteiger partial charge in [0.15, 0.2) is 0 Å². The Labute approximate surface area is 111 Å². The van der Waals surface area contributed by atoms with Crippen molar-refractivity contribution in [3.8, 4) is 0 Å². The van der Waals surface area contributed by atoms with Crippen LogP contribution in [0.15, 0.2) is 0 Å². The van der Waals surface area contributed by atoms with Gasteiger partial charge in [-0.2, -0.15) is 25.3 Å². The van der Waals surface area contributed by atoms with Gasteiger partial charge in [-0.05, 0) is 38.2 Å². The fraction of sp³-hybridized carbons (Fsp3) is 1.00. The topological polar surface area (TPSA) is 27.7 Å². The van der Waals surface area contributed by atoms with Gasteiger partial charge in [0.05, 0.1) is 0 Å². The first-order valence-corrected chi connectivity index (χ1v) is 9.01. The summed E-state index contributed by atoms with van der Waals surface area (Å²) >= 11 is 8.64. The van der Waals surface area contributed by atoms with Crippen LogP contribution >= 0.6 is 25.3 Å². The second kappa shape index (κ2) is 9.79. The van der Waals surface area contributed by atoms with Crippen LogP contribution in [0.1, 0.15) is 20.8 Å². The van der Waals surface area contributed by atoms with Gasteiger partial charge in [-0.1, -0.05) is 0 Å². The highest BCUT2D eigenvalue weighted by molar-refractivity contribution is 7.81. The summed E-state index contributed by atoms with van der Waals surface area (Å²) in [7, 11) is -2.50. The third-order valence-corrected chi connectivity index (χ3v) is 6.44. The predicted octanol–water partition coefficient (Wildman–Crippen LogP) is 2.51. The molecule has 0 spiro atoms. The molecule has 0 aliphatic heterocycles. The number of hydrogen-bond donors (Lipinski definition) is 2. The van der Waals surface area contributed by atoms with Crippen LogP contribution in [0.5, 0.6) is 0 Å². The van der Waals surface area contributed by atoms with Crippen molar-refractivity contribution in [2.75, 3.05) is 31.3 Å². The molecule has 0 unspecified atom stereocenters. The van der Waals surface area contributed by atoms with Crippen molar-refractivity contribution in [1.82, 2.24) is 0 Å². The average molecular weight is 285 g/mol. The normalized spacial score (nSPS) is 12.4. The van der Waals surface area contributed by atoms with E-state index in [4.69, 9.17) is 13.3 Å². The molecule has 6 heteroatoms. The molecule has 0 aliphatic rings. The van der Waals surface area contributed by atoms with E-state index in [9.17, 15) is 0 Å². The highest BCUT2D eigenvalue weighted by Crippen LogP contribution is 2.23. The van der Waals surface area contributed by atoms with Crippen LogP contribution in [0.25, 0.3) is 0 Å². The Morgan fingerprint density at radius 3 is 1.50 bits per heavy atom. The first kappa shape index (κ1) is 16.8. The Balaban J connectivity index is 4.56. The lowest BCUT2D eigenvalue weighted by Gasteiger charge is -2.30. The van der Waals surface area contributed by atoms with E-state index >= 15 is 0 Å². The van der Waals surface area contributed by atoms with E-state index < -0.39 is 8.80 Å². The van der Waals surface area contributed by atoms with Gasteiger partial charge in [0, 0.05) is 25.9 Å². The zero-order chi connectivity index (χ0) is 12.4. The molecule has 0 N–H and O–H groups in total. The van der Waals surface area contributed by atoms with E-state index in [1.807, 2.05) is 20.8 Å². The highest BCUT2D eigenvalue weighted by Gasteiger charge is 2.42. The van der Waals surface area contributed by atoms with Crippen molar-refractivity contribution in [1.29, 1.82) is 0 Å². The minimum atomic E-state index is -2.50. The third kappa shape index (κ3) is 5.93. The van der Waals surface area contributed by atoms with Crippen molar-refractivity contribution in [2.24, 2.45) is 5.92 Å². The van der Waals surface area contributed by atoms with E-state index in [-0.39, 0.29) is 0 Å². The van der Waals surface area contributed by atoms with Crippen molar-refractivity contribution in [2.45, 2.75) is 26.8 Å². The molecule has 0 saturated carbocycles. The molecule has 0 radical (unpaired) electrons. The Kier molecular flexibility index (Phi) is 10.3. The van der Waals surface area contributed by atoms with Gasteiger partial charge in [-0.3, -0.25) is 0 Å². The SMILES string of the molecule is CCO[Si](CC(CS)CS)(OCC)OCC. The molecule has 0 saturated heterocycles. The molecule has 0 amide bonds. The molecule has 0 fully saturated rings. The molecule has 0 aliphatic carbocycles.